The van der Waals surface area contributed by atoms with Gasteiger partial charge in [-0.25, -0.2) is 19.0 Å². The van der Waals surface area contributed by atoms with Crippen LogP contribution < -0.4 is 15.8 Å². The monoisotopic (exact) mass is 627 g/mol. The average Bonchev–Trinajstić information content (AvgIpc) is 3.37. The minimum atomic E-state index is -0.643. The number of pyridine rings is 1. The summed E-state index contributed by atoms with van der Waals surface area (Å²) in [4.78, 5) is 40.2. The molecule has 14 heteroatoms. The number of benzene rings is 1. The number of fused-ring (bicyclic) bond motifs is 1. The minimum Gasteiger partial charge on any atom is -0.390 e. The second-order valence-corrected chi connectivity index (χ2v) is 12.4. The number of aromatic amines is 1. The molecule has 43 heavy (non-hydrogen) atoms. The molecule has 5 heterocycles. The predicted molar refractivity (Wildman–Crippen MR) is 161 cm³/mol. The van der Waals surface area contributed by atoms with E-state index in [4.69, 9.17) is 31.4 Å². The molecule has 1 aromatic carbocycles. The number of amides is 1. The summed E-state index contributed by atoms with van der Waals surface area (Å²) in [6.07, 6.45) is 4.97. The maximum Gasteiger partial charge on any atom is 0.267 e. The molecular formula is C29H31ClFN7O4S. The summed E-state index contributed by atoms with van der Waals surface area (Å²) in [5.41, 5.74) is 0.862. The maximum absolute atomic E-state index is 13.3. The Bertz CT molecular complexity index is 1700. The fraction of sp³-hybridized carbons (Fsp3) is 0.414. The summed E-state index contributed by atoms with van der Waals surface area (Å²) in [5.74, 6) is 0.0328. The first-order valence-electron chi connectivity index (χ1n) is 14.1. The molecule has 2 saturated heterocycles. The van der Waals surface area contributed by atoms with Crippen molar-refractivity contribution in [3.63, 3.8) is 0 Å². The highest BCUT2D eigenvalue weighted by atomic mass is 35.5. The molecule has 0 aliphatic carbocycles. The van der Waals surface area contributed by atoms with E-state index in [0.717, 1.165) is 19.3 Å². The third-order valence-electron chi connectivity index (χ3n) is 8.01. The number of aliphatic hydroxyl groups is 1. The third kappa shape index (κ3) is 5.99. The van der Waals surface area contributed by atoms with Crippen LogP contribution in [0.15, 0.2) is 51.2 Å². The van der Waals surface area contributed by atoms with Crippen LogP contribution in [0.2, 0.25) is 5.02 Å². The van der Waals surface area contributed by atoms with E-state index in [0.29, 0.717) is 70.8 Å². The Morgan fingerprint density at radius 2 is 2.00 bits per heavy atom. The number of hydrogen-bond acceptors (Lipinski definition) is 9. The highest BCUT2D eigenvalue weighted by Gasteiger charge is 2.38. The van der Waals surface area contributed by atoms with Gasteiger partial charge in [-0.2, -0.15) is 5.10 Å². The maximum atomic E-state index is 13.3. The summed E-state index contributed by atoms with van der Waals surface area (Å²) in [6.45, 7) is 3.20. The number of carbonyl (C=O) groups is 1. The summed E-state index contributed by atoms with van der Waals surface area (Å²) in [6, 6.07) is 7.40. The number of H-pyrrole nitrogens is 1. The molecule has 2 aliphatic rings. The number of rotatable bonds is 7. The molecule has 0 spiro atoms. The normalized spacial score (nSPS) is 18.6. The first kappa shape index (κ1) is 29.5. The van der Waals surface area contributed by atoms with Crippen LogP contribution >= 0.6 is 23.4 Å². The predicted octanol–water partition coefficient (Wildman–Crippen LogP) is 4.89. The van der Waals surface area contributed by atoms with Gasteiger partial charge in [-0.1, -0.05) is 30.3 Å². The van der Waals surface area contributed by atoms with Crippen LogP contribution in [0.5, 0.6) is 0 Å². The molecule has 0 radical (unpaired) electrons. The van der Waals surface area contributed by atoms with Gasteiger partial charge in [-0.05, 0) is 62.4 Å². The number of nitrogens with zero attached hydrogens (tertiary/aromatic N) is 5. The summed E-state index contributed by atoms with van der Waals surface area (Å²) < 4.78 is 21.1. The number of hydrogen-bond donors (Lipinski definition) is 3. The van der Waals surface area contributed by atoms with Crippen molar-refractivity contribution in [3.05, 3.63) is 63.4 Å². The van der Waals surface area contributed by atoms with Gasteiger partial charge in [0.2, 0.25) is 5.91 Å². The van der Waals surface area contributed by atoms with E-state index < -0.39 is 11.0 Å². The van der Waals surface area contributed by atoms with Gasteiger partial charge in [0.05, 0.1) is 12.0 Å². The van der Waals surface area contributed by atoms with E-state index in [1.165, 1.54) is 30.1 Å². The SMILES string of the molecule is CC1(C(=O)Nc2ccc(F)cc2)CCN(c2nc3c(nc2CO)c(Sc2cc[nH]c(=O)c2Cl)nn3C2CCCCO2)CC1. The zero-order valence-corrected chi connectivity index (χ0v) is 25.1. The van der Waals surface area contributed by atoms with E-state index in [1.54, 1.807) is 22.9 Å². The zero-order chi connectivity index (χ0) is 30.1. The van der Waals surface area contributed by atoms with Gasteiger partial charge in [-0.15, -0.1) is 0 Å². The lowest BCUT2D eigenvalue weighted by atomic mass is 9.79. The molecule has 1 unspecified atom stereocenters. The summed E-state index contributed by atoms with van der Waals surface area (Å²) in [7, 11) is 0. The Morgan fingerprint density at radius 3 is 2.70 bits per heavy atom. The number of aliphatic hydroxyl groups excluding tert-OH is 1. The number of nitrogens with one attached hydrogen (secondary N) is 2. The second kappa shape index (κ2) is 12.2. The summed E-state index contributed by atoms with van der Waals surface area (Å²) in [5, 5.41) is 18.6. The van der Waals surface area contributed by atoms with Crippen molar-refractivity contribution in [2.24, 2.45) is 5.41 Å². The van der Waals surface area contributed by atoms with Gasteiger partial charge >= 0.3 is 0 Å². The van der Waals surface area contributed by atoms with Crippen LogP contribution in [0.4, 0.5) is 15.9 Å². The molecule has 6 rings (SSSR count). The summed E-state index contributed by atoms with van der Waals surface area (Å²) >= 11 is 7.49. The smallest absolute Gasteiger partial charge is 0.267 e. The van der Waals surface area contributed by atoms with Gasteiger partial charge in [0.1, 0.15) is 22.1 Å². The van der Waals surface area contributed by atoms with Crippen LogP contribution in [0, 0.1) is 11.2 Å². The second-order valence-electron chi connectivity index (χ2n) is 11.0. The topological polar surface area (TPSA) is 138 Å². The van der Waals surface area contributed by atoms with Crippen molar-refractivity contribution in [3.8, 4) is 0 Å². The Kier molecular flexibility index (Phi) is 8.40. The molecule has 2 aliphatic heterocycles. The molecule has 1 amide bonds. The van der Waals surface area contributed by atoms with E-state index in [-0.39, 0.29) is 29.6 Å². The molecule has 2 fully saturated rings. The number of carbonyl (C=O) groups excluding carboxylic acids is 1. The fourth-order valence-electron chi connectivity index (χ4n) is 5.37. The van der Waals surface area contributed by atoms with Crippen molar-refractivity contribution in [1.82, 2.24) is 24.7 Å². The van der Waals surface area contributed by atoms with E-state index >= 15 is 0 Å². The Hall–Kier alpha value is -3.52. The first-order valence-corrected chi connectivity index (χ1v) is 15.3. The Labute approximate surface area is 255 Å². The minimum absolute atomic E-state index is 0.0518. The standard InChI is InChI=1S/C29H31ClFN7O4S/c1-29(28(41)33-18-7-5-17(31)6-8-18)10-13-37(14-11-29)24-19(16-39)34-23-25(35-24)38(21-4-2-3-15-42-21)36-27(23)43-20-9-12-32-26(40)22(20)30/h5-9,12,21,39H,2-4,10-11,13-16H2,1H3,(H,32,40)(H,33,41). The first-order chi connectivity index (χ1) is 20.8. The van der Waals surface area contributed by atoms with E-state index in [2.05, 4.69) is 10.3 Å². The van der Waals surface area contributed by atoms with E-state index in [1.807, 2.05) is 11.8 Å². The lowest BCUT2D eigenvalue weighted by molar-refractivity contribution is -0.125. The van der Waals surface area contributed by atoms with Crippen molar-refractivity contribution in [2.45, 2.75) is 61.8 Å². The van der Waals surface area contributed by atoms with Crippen molar-refractivity contribution in [1.29, 1.82) is 0 Å². The largest absolute Gasteiger partial charge is 0.390 e. The molecule has 1 atom stereocenters. The van der Waals surface area contributed by atoms with Crippen LogP contribution in [0.1, 0.15) is 50.9 Å². The molecule has 11 nitrogen and oxygen atoms in total. The van der Waals surface area contributed by atoms with Gasteiger partial charge in [0, 0.05) is 36.5 Å². The Morgan fingerprint density at radius 1 is 1.23 bits per heavy atom. The molecule has 0 bridgehead atoms. The number of aromatic nitrogens is 5. The molecule has 3 N–H and O–H groups in total. The molecule has 3 aromatic heterocycles. The molecule has 4 aromatic rings. The fourth-order valence-corrected chi connectivity index (χ4v) is 6.50. The Balaban J connectivity index is 1.30. The third-order valence-corrected chi connectivity index (χ3v) is 9.53. The van der Waals surface area contributed by atoms with Crippen LogP contribution in [-0.2, 0) is 16.1 Å². The van der Waals surface area contributed by atoms with Gasteiger partial charge < -0.3 is 25.0 Å². The number of piperidine rings is 1. The number of halogens is 2. The van der Waals surface area contributed by atoms with Crippen LogP contribution in [0.25, 0.3) is 11.2 Å². The van der Waals surface area contributed by atoms with Gasteiger partial charge in [0.15, 0.2) is 22.7 Å². The lowest BCUT2D eigenvalue weighted by Crippen LogP contribution is -2.45. The highest BCUT2D eigenvalue weighted by Crippen LogP contribution is 2.39. The van der Waals surface area contributed by atoms with Crippen molar-refractivity contribution >= 4 is 51.9 Å². The van der Waals surface area contributed by atoms with Crippen LogP contribution in [0.3, 0.4) is 0 Å². The molecule has 226 valence electrons. The van der Waals surface area contributed by atoms with Gasteiger partial charge in [0.25, 0.3) is 5.56 Å². The van der Waals surface area contributed by atoms with Crippen molar-refractivity contribution in [2.75, 3.05) is 29.9 Å². The zero-order valence-electron chi connectivity index (χ0n) is 23.5. The van der Waals surface area contributed by atoms with Crippen LogP contribution in [-0.4, -0.2) is 55.4 Å². The lowest BCUT2D eigenvalue weighted by Gasteiger charge is -2.39. The highest BCUT2D eigenvalue weighted by molar-refractivity contribution is 7.99. The van der Waals surface area contributed by atoms with Gasteiger partial charge in [-0.3, -0.25) is 9.59 Å². The van der Waals surface area contributed by atoms with E-state index in [9.17, 15) is 19.1 Å². The quantitative estimate of drug-likeness (QED) is 0.261. The average molecular weight is 628 g/mol. The number of anilines is 2. The molecule has 0 saturated carbocycles. The van der Waals surface area contributed by atoms with Crippen molar-refractivity contribution < 1.29 is 19.0 Å². The number of ether oxygens (including phenoxy) is 1. The molecular weight excluding hydrogens is 597 g/mol.